The van der Waals surface area contributed by atoms with Crippen LogP contribution in [0.15, 0.2) is 30.3 Å². The number of hydrazine groups is 1. The van der Waals surface area contributed by atoms with E-state index in [1.54, 1.807) is 30.3 Å². The fraction of sp³-hybridized carbons (Fsp3) is 0.368. The minimum Gasteiger partial charge on any atom is -0.347 e. The number of benzene rings is 1. The van der Waals surface area contributed by atoms with E-state index in [1.807, 2.05) is 0 Å². The Kier molecular flexibility index (Phi) is 8.90. The Bertz CT molecular complexity index is 763. The van der Waals surface area contributed by atoms with Crippen LogP contribution in [-0.4, -0.2) is 29.4 Å². The predicted molar refractivity (Wildman–Crippen MR) is 112 cm³/mol. The highest BCUT2D eigenvalue weighted by Gasteiger charge is 2.21. The summed E-state index contributed by atoms with van der Waals surface area (Å²) < 4.78 is 0. The minimum absolute atomic E-state index is 0.0141. The first-order valence-corrected chi connectivity index (χ1v) is 9.84. The number of hydrogen-bond donors (Lipinski definition) is 4. The van der Waals surface area contributed by atoms with Gasteiger partial charge < -0.3 is 5.32 Å². The second-order valence-corrected chi connectivity index (χ2v) is 7.21. The molecule has 1 aromatic carbocycles. The number of halogens is 1. The van der Waals surface area contributed by atoms with E-state index in [0.717, 1.165) is 32.1 Å². The summed E-state index contributed by atoms with van der Waals surface area (Å²) in [5.41, 5.74) is 5.43. The van der Waals surface area contributed by atoms with Gasteiger partial charge in [-0.3, -0.25) is 30.6 Å². The van der Waals surface area contributed by atoms with Crippen molar-refractivity contribution in [1.82, 2.24) is 21.5 Å². The number of rotatable bonds is 5. The van der Waals surface area contributed by atoms with Crippen molar-refractivity contribution < 1.29 is 14.4 Å². The Hall–Kier alpha value is -2.45. The second-order valence-electron chi connectivity index (χ2n) is 6.40. The number of thiocarbonyl (C=S) groups is 1. The Labute approximate surface area is 174 Å². The Balaban J connectivity index is 1.65. The molecule has 150 valence electrons. The summed E-state index contributed by atoms with van der Waals surface area (Å²) in [5.74, 6) is -1.06. The summed E-state index contributed by atoms with van der Waals surface area (Å²) in [4.78, 5) is 35.6. The third kappa shape index (κ3) is 7.66. The normalized spacial score (nSPS) is 14.3. The van der Waals surface area contributed by atoms with Crippen LogP contribution >= 0.6 is 23.8 Å². The zero-order chi connectivity index (χ0) is 20.4. The third-order valence-electron chi connectivity index (χ3n) is 4.27. The molecule has 0 radical (unpaired) electrons. The van der Waals surface area contributed by atoms with Crippen LogP contribution in [0.4, 0.5) is 0 Å². The molecule has 0 aromatic heterocycles. The lowest BCUT2D eigenvalue weighted by molar-refractivity contribution is -0.129. The lowest BCUT2D eigenvalue weighted by atomic mass is 9.89. The van der Waals surface area contributed by atoms with Gasteiger partial charge in [-0.2, -0.15) is 0 Å². The molecule has 28 heavy (non-hydrogen) atoms. The van der Waals surface area contributed by atoms with Gasteiger partial charge in [-0.05, 0) is 42.8 Å². The van der Waals surface area contributed by atoms with Crippen LogP contribution in [0.3, 0.4) is 0 Å². The van der Waals surface area contributed by atoms with Gasteiger partial charge >= 0.3 is 0 Å². The Morgan fingerprint density at radius 1 is 1.11 bits per heavy atom. The van der Waals surface area contributed by atoms with Gasteiger partial charge in [-0.25, -0.2) is 0 Å². The lowest BCUT2D eigenvalue weighted by Crippen LogP contribution is -2.51. The van der Waals surface area contributed by atoms with Crippen LogP contribution in [0.1, 0.15) is 37.7 Å². The molecule has 1 aliphatic carbocycles. The standard InChI is InChI=1S/C19H23ClN4O3S/c20-15-9-5-4-6-13(15)10-11-16(25)22-19(28)24-23-17(26)12-21-18(27)14-7-2-1-3-8-14/h4-6,9-11,14H,1-3,7-8,12H2,(H,21,27)(H,23,26)(H2,22,24,25,28)/b11-10+. The van der Waals surface area contributed by atoms with Crippen LogP contribution in [0.25, 0.3) is 6.08 Å². The summed E-state index contributed by atoms with van der Waals surface area (Å²) in [6.07, 6.45) is 7.81. The van der Waals surface area contributed by atoms with Crippen LogP contribution in [-0.2, 0) is 14.4 Å². The highest BCUT2D eigenvalue weighted by molar-refractivity contribution is 7.80. The van der Waals surface area contributed by atoms with Crippen LogP contribution in [0.5, 0.6) is 0 Å². The van der Waals surface area contributed by atoms with Gasteiger partial charge in [0, 0.05) is 17.0 Å². The summed E-state index contributed by atoms with van der Waals surface area (Å²) in [6, 6.07) is 7.08. The van der Waals surface area contributed by atoms with Gasteiger partial charge in [-0.1, -0.05) is 49.1 Å². The highest BCUT2D eigenvalue weighted by Crippen LogP contribution is 2.23. The Morgan fingerprint density at radius 3 is 2.54 bits per heavy atom. The van der Waals surface area contributed by atoms with E-state index < -0.39 is 11.8 Å². The molecule has 1 fully saturated rings. The van der Waals surface area contributed by atoms with E-state index in [-0.39, 0.29) is 23.5 Å². The van der Waals surface area contributed by atoms with Gasteiger partial charge in [0.2, 0.25) is 11.8 Å². The molecule has 0 spiro atoms. The molecule has 0 unspecified atom stereocenters. The summed E-state index contributed by atoms with van der Waals surface area (Å²) in [7, 11) is 0. The third-order valence-corrected chi connectivity index (χ3v) is 4.82. The monoisotopic (exact) mass is 422 g/mol. The summed E-state index contributed by atoms with van der Waals surface area (Å²) >= 11 is 10.9. The first-order valence-electron chi connectivity index (χ1n) is 9.06. The number of carbonyl (C=O) groups is 3. The van der Waals surface area contributed by atoms with Gasteiger partial charge in [0.15, 0.2) is 5.11 Å². The number of nitrogens with one attached hydrogen (secondary N) is 4. The topological polar surface area (TPSA) is 99.3 Å². The average molecular weight is 423 g/mol. The van der Waals surface area contributed by atoms with Gasteiger partial charge in [0.1, 0.15) is 0 Å². The van der Waals surface area contributed by atoms with E-state index in [9.17, 15) is 14.4 Å². The van der Waals surface area contributed by atoms with E-state index in [1.165, 1.54) is 6.08 Å². The van der Waals surface area contributed by atoms with Crippen molar-refractivity contribution >= 4 is 52.7 Å². The SMILES string of the molecule is O=C(/C=C/c1ccccc1Cl)NC(=S)NNC(=O)CNC(=O)C1CCCCC1. The molecule has 1 saturated carbocycles. The number of carbonyl (C=O) groups excluding carboxylic acids is 3. The fourth-order valence-electron chi connectivity index (χ4n) is 2.81. The summed E-state index contributed by atoms with van der Waals surface area (Å²) in [5, 5.41) is 5.46. The quantitative estimate of drug-likeness (QED) is 0.331. The largest absolute Gasteiger partial charge is 0.347 e. The average Bonchev–Trinajstić information content (AvgIpc) is 2.70. The predicted octanol–water partition coefficient (Wildman–Crippen LogP) is 2.07. The molecule has 1 aliphatic rings. The molecule has 3 amide bonds. The van der Waals surface area contributed by atoms with Gasteiger partial charge in [0.05, 0.1) is 6.54 Å². The molecule has 0 heterocycles. The zero-order valence-electron chi connectivity index (χ0n) is 15.3. The molecule has 0 saturated heterocycles. The van der Waals surface area contributed by atoms with Gasteiger partial charge in [-0.15, -0.1) is 0 Å². The van der Waals surface area contributed by atoms with Crippen LogP contribution in [0, 0.1) is 5.92 Å². The van der Waals surface area contributed by atoms with Crippen molar-refractivity contribution in [3.05, 3.63) is 40.9 Å². The maximum Gasteiger partial charge on any atom is 0.257 e. The van der Waals surface area contributed by atoms with E-state index in [0.29, 0.717) is 10.6 Å². The van der Waals surface area contributed by atoms with Crippen molar-refractivity contribution in [2.45, 2.75) is 32.1 Å². The summed E-state index contributed by atoms with van der Waals surface area (Å²) in [6.45, 7) is -0.161. The zero-order valence-corrected chi connectivity index (χ0v) is 16.9. The second kappa shape index (κ2) is 11.4. The number of hydrogen-bond acceptors (Lipinski definition) is 4. The van der Waals surface area contributed by atoms with E-state index in [2.05, 4.69) is 21.5 Å². The lowest BCUT2D eigenvalue weighted by Gasteiger charge is -2.20. The first-order chi connectivity index (χ1) is 13.5. The molecule has 7 nitrogen and oxygen atoms in total. The molecule has 0 bridgehead atoms. The van der Waals surface area contributed by atoms with Crippen LogP contribution < -0.4 is 21.5 Å². The van der Waals surface area contributed by atoms with Crippen molar-refractivity contribution in [1.29, 1.82) is 0 Å². The van der Waals surface area contributed by atoms with E-state index in [4.69, 9.17) is 23.8 Å². The van der Waals surface area contributed by atoms with Crippen molar-refractivity contribution in [2.75, 3.05) is 6.54 Å². The maximum atomic E-state index is 12.0. The van der Waals surface area contributed by atoms with Crippen molar-refractivity contribution in [3.8, 4) is 0 Å². The highest BCUT2D eigenvalue weighted by atomic mass is 35.5. The molecule has 0 atom stereocenters. The first kappa shape index (κ1) is 21.8. The van der Waals surface area contributed by atoms with Crippen molar-refractivity contribution in [2.24, 2.45) is 5.92 Å². The minimum atomic E-state index is -0.475. The molecular formula is C19H23ClN4O3S. The smallest absolute Gasteiger partial charge is 0.257 e. The molecule has 4 N–H and O–H groups in total. The van der Waals surface area contributed by atoms with Gasteiger partial charge in [0.25, 0.3) is 5.91 Å². The van der Waals surface area contributed by atoms with Crippen LogP contribution in [0.2, 0.25) is 5.02 Å². The molecule has 0 aliphatic heterocycles. The van der Waals surface area contributed by atoms with E-state index >= 15 is 0 Å². The molecule has 9 heteroatoms. The fourth-order valence-corrected chi connectivity index (χ4v) is 3.16. The maximum absolute atomic E-state index is 12.0. The van der Waals surface area contributed by atoms with Crippen molar-refractivity contribution in [3.63, 3.8) is 0 Å². The number of amides is 3. The Morgan fingerprint density at radius 2 is 1.82 bits per heavy atom. The molecule has 1 aromatic rings. The molecule has 2 rings (SSSR count). The molecular weight excluding hydrogens is 400 g/mol.